The smallest absolute Gasteiger partial charge is 0.118 e. The van der Waals surface area contributed by atoms with Gasteiger partial charge in [-0.15, -0.1) is 0 Å². The first-order chi connectivity index (χ1) is 6.81. The van der Waals surface area contributed by atoms with Crippen molar-refractivity contribution in [3.8, 4) is 5.75 Å². The molecular weight excluding hydrogens is 176 g/mol. The second-order valence-corrected chi connectivity index (χ2v) is 3.39. The van der Waals surface area contributed by atoms with Gasteiger partial charge in [-0.25, -0.2) is 0 Å². The van der Waals surface area contributed by atoms with Crippen molar-refractivity contribution in [2.75, 3.05) is 13.7 Å². The predicted octanol–water partition coefficient (Wildman–Crippen LogP) is 2.57. The van der Waals surface area contributed by atoms with Crippen LogP contribution in [0.2, 0.25) is 0 Å². The van der Waals surface area contributed by atoms with Crippen molar-refractivity contribution in [1.29, 1.82) is 0 Å². The van der Waals surface area contributed by atoms with Crippen molar-refractivity contribution in [1.82, 2.24) is 0 Å². The van der Waals surface area contributed by atoms with Gasteiger partial charge in [-0.2, -0.15) is 0 Å². The molecule has 78 valence electrons. The highest BCUT2D eigenvalue weighted by Crippen LogP contribution is 2.24. The van der Waals surface area contributed by atoms with Crippen LogP contribution in [0, 0.1) is 0 Å². The second kappa shape index (κ2) is 5.66. The number of rotatable bonds is 5. The molecule has 0 radical (unpaired) electrons. The lowest BCUT2D eigenvalue weighted by atomic mass is 9.94. The minimum Gasteiger partial charge on any atom is -0.497 e. The maximum Gasteiger partial charge on any atom is 0.118 e. The second-order valence-electron chi connectivity index (χ2n) is 3.39. The van der Waals surface area contributed by atoms with Crippen molar-refractivity contribution in [3.63, 3.8) is 0 Å². The zero-order valence-electron chi connectivity index (χ0n) is 8.86. The summed E-state index contributed by atoms with van der Waals surface area (Å²) < 4.78 is 5.09. The molecule has 0 aliphatic rings. The fourth-order valence-corrected chi connectivity index (χ4v) is 1.64. The lowest BCUT2D eigenvalue weighted by Gasteiger charge is -2.13. The molecular formula is C12H18O2. The van der Waals surface area contributed by atoms with E-state index in [1.807, 2.05) is 12.1 Å². The first kappa shape index (κ1) is 11.1. The Balaban J connectivity index is 2.73. The molecule has 14 heavy (non-hydrogen) atoms. The van der Waals surface area contributed by atoms with Crippen LogP contribution in [-0.2, 0) is 0 Å². The van der Waals surface area contributed by atoms with Gasteiger partial charge in [0.25, 0.3) is 0 Å². The van der Waals surface area contributed by atoms with Crippen molar-refractivity contribution < 1.29 is 9.84 Å². The normalized spacial score (nSPS) is 12.5. The molecule has 0 spiro atoms. The first-order valence-electron chi connectivity index (χ1n) is 5.06. The molecule has 1 atom stereocenters. The van der Waals surface area contributed by atoms with E-state index in [2.05, 4.69) is 19.1 Å². The van der Waals surface area contributed by atoms with Crippen LogP contribution >= 0.6 is 0 Å². The van der Waals surface area contributed by atoms with Gasteiger partial charge in [0.2, 0.25) is 0 Å². The number of aliphatic hydroxyl groups is 1. The van der Waals surface area contributed by atoms with Gasteiger partial charge >= 0.3 is 0 Å². The topological polar surface area (TPSA) is 29.5 Å². The molecule has 0 aliphatic heterocycles. The van der Waals surface area contributed by atoms with Gasteiger partial charge < -0.3 is 9.84 Å². The Labute approximate surface area is 85.5 Å². The molecule has 0 saturated heterocycles. The Morgan fingerprint density at radius 3 is 2.36 bits per heavy atom. The maximum atomic E-state index is 8.91. The number of aliphatic hydroxyl groups excluding tert-OH is 1. The van der Waals surface area contributed by atoms with Crippen LogP contribution in [0.3, 0.4) is 0 Å². The average molecular weight is 194 g/mol. The minimum atomic E-state index is 0.254. The minimum absolute atomic E-state index is 0.254. The van der Waals surface area contributed by atoms with E-state index in [1.54, 1.807) is 7.11 Å². The summed E-state index contributed by atoms with van der Waals surface area (Å²) in [5.41, 5.74) is 1.28. The van der Waals surface area contributed by atoms with E-state index in [9.17, 15) is 0 Å². The molecule has 0 aliphatic carbocycles. The predicted molar refractivity (Wildman–Crippen MR) is 57.7 cm³/mol. The van der Waals surface area contributed by atoms with Gasteiger partial charge in [0, 0.05) is 6.61 Å². The fraction of sp³-hybridized carbons (Fsp3) is 0.500. The SMILES string of the molecule is CC[C@@H](CCO)c1ccc(OC)cc1. The Bertz CT molecular complexity index is 254. The highest BCUT2D eigenvalue weighted by molar-refractivity contribution is 5.29. The Hall–Kier alpha value is -1.02. The molecule has 0 saturated carbocycles. The Morgan fingerprint density at radius 1 is 1.29 bits per heavy atom. The Kier molecular flexibility index (Phi) is 4.47. The monoisotopic (exact) mass is 194 g/mol. The van der Waals surface area contributed by atoms with Crippen LogP contribution < -0.4 is 4.74 Å². The summed E-state index contributed by atoms with van der Waals surface area (Å²) in [6.45, 7) is 2.40. The van der Waals surface area contributed by atoms with Gasteiger partial charge in [-0.1, -0.05) is 19.1 Å². The molecule has 0 heterocycles. The van der Waals surface area contributed by atoms with Gasteiger partial charge in [-0.05, 0) is 36.5 Å². The van der Waals surface area contributed by atoms with Gasteiger partial charge in [0.1, 0.15) is 5.75 Å². The maximum absolute atomic E-state index is 8.91. The first-order valence-corrected chi connectivity index (χ1v) is 5.06. The number of hydrogen-bond acceptors (Lipinski definition) is 2. The average Bonchev–Trinajstić information content (AvgIpc) is 2.26. The summed E-state index contributed by atoms with van der Waals surface area (Å²) in [5.74, 6) is 1.35. The summed E-state index contributed by atoms with van der Waals surface area (Å²) in [4.78, 5) is 0. The van der Waals surface area contributed by atoms with E-state index >= 15 is 0 Å². The van der Waals surface area contributed by atoms with Crippen molar-refractivity contribution in [2.24, 2.45) is 0 Å². The van der Waals surface area contributed by atoms with Crippen molar-refractivity contribution in [2.45, 2.75) is 25.7 Å². The number of benzene rings is 1. The third kappa shape index (κ3) is 2.74. The van der Waals surface area contributed by atoms with Gasteiger partial charge in [0.15, 0.2) is 0 Å². The van der Waals surface area contributed by atoms with E-state index < -0.39 is 0 Å². The van der Waals surface area contributed by atoms with Crippen LogP contribution in [0.1, 0.15) is 31.2 Å². The van der Waals surface area contributed by atoms with Crippen LogP contribution in [0.15, 0.2) is 24.3 Å². The van der Waals surface area contributed by atoms with E-state index in [1.165, 1.54) is 5.56 Å². The number of ether oxygens (including phenoxy) is 1. The zero-order chi connectivity index (χ0) is 10.4. The van der Waals surface area contributed by atoms with E-state index in [0.29, 0.717) is 5.92 Å². The van der Waals surface area contributed by atoms with Crippen molar-refractivity contribution >= 4 is 0 Å². The van der Waals surface area contributed by atoms with E-state index in [-0.39, 0.29) is 6.61 Å². The lowest BCUT2D eigenvalue weighted by molar-refractivity contribution is 0.274. The van der Waals surface area contributed by atoms with E-state index in [4.69, 9.17) is 9.84 Å². The standard InChI is InChI=1S/C12H18O2/c1-3-10(8-9-13)11-4-6-12(14-2)7-5-11/h4-7,10,13H,3,8-9H2,1-2H3/t10-/m0/s1. The summed E-state index contributed by atoms with van der Waals surface area (Å²) in [7, 11) is 1.67. The van der Waals surface area contributed by atoms with Crippen LogP contribution in [-0.4, -0.2) is 18.8 Å². The zero-order valence-corrected chi connectivity index (χ0v) is 8.86. The molecule has 1 aromatic rings. The fourth-order valence-electron chi connectivity index (χ4n) is 1.64. The molecule has 1 rings (SSSR count). The molecule has 0 aromatic heterocycles. The highest BCUT2D eigenvalue weighted by atomic mass is 16.5. The molecule has 2 nitrogen and oxygen atoms in total. The molecule has 1 aromatic carbocycles. The van der Waals surface area contributed by atoms with Crippen LogP contribution in [0.4, 0.5) is 0 Å². The largest absolute Gasteiger partial charge is 0.497 e. The van der Waals surface area contributed by atoms with E-state index in [0.717, 1.165) is 18.6 Å². The van der Waals surface area contributed by atoms with Crippen LogP contribution in [0.25, 0.3) is 0 Å². The highest BCUT2D eigenvalue weighted by Gasteiger charge is 2.07. The molecule has 1 N–H and O–H groups in total. The summed E-state index contributed by atoms with van der Waals surface area (Å²) in [6, 6.07) is 8.08. The third-order valence-corrected chi connectivity index (χ3v) is 2.56. The summed E-state index contributed by atoms with van der Waals surface area (Å²) in [6.07, 6.45) is 1.90. The third-order valence-electron chi connectivity index (χ3n) is 2.56. The van der Waals surface area contributed by atoms with Crippen molar-refractivity contribution in [3.05, 3.63) is 29.8 Å². The van der Waals surface area contributed by atoms with Gasteiger partial charge in [-0.3, -0.25) is 0 Å². The van der Waals surface area contributed by atoms with Gasteiger partial charge in [0.05, 0.1) is 7.11 Å². The molecule has 0 amide bonds. The van der Waals surface area contributed by atoms with Crippen LogP contribution in [0.5, 0.6) is 5.75 Å². The Morgan fingerprint density at radius 2 is 1.93 bits per heavy atom. The lowest BCUT2D eigenvalue weighted by Crippen LogP contribution is -2.00. The summed E-state index contributed by atoms with van der Waals surface area (Å²) in [5, 5.41) is 8.91. The number of hydrogen-bond donors (Lipinski definition) is 1. The quantitative estimate of drug-likeness (QED) is 0.780. The molecule has 0 bridgehead atoms. The molecule has 2 heteroatoms. The summed E-state index contributed by atoms with van der Waals surface area (Å²) >= 11 is 0. The molecule has 0 unspecified atom stereocenters. The molecule has 0 fully saturated rings. The number of methoxy groups -OCH3 is 1.